The summed E-state index contributed by atoms with van der Waals surface area (Å²) in [5.74, 6) is 0. The third-order valence-corrected chi connectivity index (χ3v) is 2.80. The summed E-state index contributed by atoms with van der Waals surface area (Å²) in [6.07, 6.45) is 3.84. The summed E-state index contributed by atoms with van der Waals surface area (Å²) in [5.41, 5.74) is 1.36. The monoisotopic (exact) mass is 152 g/mol. The van der Waals surface area contributed by atoms with Gasteiger partial charge in [0.25, 0.3) is 0 Å². The number of likely N-dealkylation sites (tertiary alicyclic amines) is 1. The Balaban J connectivity index is 1.88. The maximum absolute atomic E-state index is 4.02. The van der Waals surface area contributed by atoms with Crippen LogP contribution in [-0.2, 0) is 0 Å². The van der Waals surface area contributed by atoms with Crippen LogP contribution < -0.4 is 5.32 Å². The normalized spacial score (nSPS) is 26.9. The van der Waals surface area contributed by atoms with Crippen molar-refractivity contribution in [2.24, 2.45) is 0 Å². The van der Waals surface area contributed by atoms with E-state index in [0.717, 1.165) is 6.04 Å². The van der Waals surface area contributed by atoms with Crippen LogP contribution in [0, 0.1) is 0 Å². The van der Waals surface area contributed by atoms with Crippen LogP contribution in [0.25, 0.3) is 0 Å². The van der Waals surface area contributed by atoms with Gasteiger partial charge in [-0.2, -0.15) is 0 Å². The summed E-state index contributed by atoms with van der Waals surface area (Å²) in [6.45, 7) is 7.65. The van der Waals surface area contributed by atoms with Crippen LogP contribution in [-0.4, -0.2) is 30.6 Å². The summed E-state index contributed by atoms with van der Waals surface area (Å²) >= 11 is 0. The summed E-state index contributed by atoms with van der Waals surface area (Å²) in [5, 5.41) is 3.38. The average Bonchev–Trinajstić information content (AvgIpc) is 2.04. The molecule has 0 bridgehead atoms. The molecule has 0 unspecified atom stereocenters. The first-order valence-electron chi connectivity index (χ1n) is 4.53. The molecular formula is C9H16N2. The van der Waals surface area contributed by atoms with Gasteiger partial charge in [-0.25, -0.2) is 0 Å². The van der Waals surface area contributed by atoms with Gasteiger partial charge in [0.2, 0.25) is 0 Å². The largest absolute Gasteiger partial charge is 0.372 e. The molecule has 0 aliphatic carbocycles. The molecule has 1 N–H and O–H groups in total. The number of hydrogen-bond acceptors (Lipinski definition) is 2. The lowest BCUT2D eigenvalue weighted by molar-refractivity contribution is 0.152. The molecule has 0 amide bonds. The second-order valence-electron chi connectivity index (χ2n) is 3.49. The molecule has 0 aromatic heterocycles. The highest BCUT2D eigenvalue weighted by molar-refractivity contribution is 5.06. The van der Waals surface area contributed by atoms with Crippen molar-refractivity contribution in [3.8, 4) is 0 Å². The van der Waals surface area contributed by atoms with Gasteiger partial charge in [-0.15, -0.1) is 0 Å². The third-order valence-electron chi connectivity index (χ3n) is 2.80. The molecular weight excluding hydrogens is 136 g/mol. The van der Waals surface area contributed by atoms with E-state index in [1.54, 1.807) is 0 Å². The zero-order valence-corrected chi connectivity index (χ0v) is 6.97. The van der Waals surface area contributed by atoms with Crippen LogP contribution in [0.5, 0.6) is 0 Å². The van der Waals surface area contributed by atoms with Crippen LogP contribution in [0.15, 0.2) is 12.3 Å². The summed E-state index contributed by atoms with van der Waals surface area (Å²) in [4.78, 5) is 2.47. The molecule has 0 aromatic rings. The smallest absolute Gasteiger partial charge is 0.0311 e. The Labute approximate surface area is 68.3 Å². The van der Waals surface area contributed by atoms with Gasteiger partial charge in [0.15, 0.2) is 0 Å². The van der Waals surface area contributed by atoms with Crippen LogP contribution in [0.1, 0.15) is 19.3 Å². The Kier molecular flexibility index (Phi) is 1.86. The van der Waals surface area contributed by atoms with Crippen molar-refractivity contribution in [2.45, 2.75) is 25.3 Å². The molecule has 2 fully saturated rings. The summed E-state index contributed by atoms with van der Waals surface area (Å²) in [6, 6.07) is 0.803. The molecule has 2 saturated heterocycles. The molecule has 0 atom stereocenters. The Morgan fingerprint density at radius 2 is 2.09 bits per heavy atom. The van der Waals surface area contributed by atoms with E-state index in [0.29, 0.717) is 0 Å². The van der Waals surface area contributed by atoms with Gasteiger partial charge in [-0.05, 0) is 25.9 Å². The molecule has 11 heavy (non-hydrogen) atoms. The molecule has 2 aliphatic rings. The zero-order valence-electron chi connectivity index (χ0n) is 6.97. The molecule has 2 nitrogen and oxygen atoms in total. The molecule has 2 rings (SSSR count). The minimum Gasteiger partial charge on any atom is -0.372 e. The van der Waals surface area contributed by atoms with Gasteiger partial charge in [0.1, 0.15) is 0 Å². The van der Waals surface area contributed by atoms with E-state index < -0.39 is 0 Å². The maximum Gasteiger partial charge on any atom is 0.0311 e. The van der Waals surface area contributed by atoms with Crippen molar-refractivity contribution in [3.05, 3.63) is 12.3 Å². The Bertz CT molecular complexity index is 159. The Morgan fingerprint density at radius 3 is 2.55 bits per heavy atom. The van der Waals surface area contributed by atoms with Gasteiger partial charge in [0.05, 0.1) is 0 Å². The summed E-state index contributed by atoms with van der Waals surface area (Å²) in [7, 11) is 0. The van der Waals surface area contributed by atoms with Gasteiger partial charge in [0, 0.05) is 24.7 Å². The topological polar surface area (TPSA) is 15.3 Å². The molecule has 2 heteroatoms. The van der Waals surface area contributed by atoms with Gasteiger partial charge < -0.3 is 10.2 Å². The molecule has 2 aliphatic heterocycles. The quantitative estimate of drug-likeness (QED) is 0.602. The Morgan fingerprint density at radius 1 is 1.36 bits per heavy atom. The predicted molar refractivity (Wildman–Crippen MR) is 46.4 cm³/mol. The molecule has 0 spiro atoms. The highest BCUT2D eigenvalue weighted by atomic mass is 15.2. The highest BCUT2D eigenvalue weighted by Crippen LogP contribution is 2.26. The lowest BCUT2D eigenvalue weighted by atomic mass is 9.99. The van der Waals surface area contributed by atoms with Crippen molar-refractivity contribution >= 4 is 0 Å². The van der Waals surface area contributed by atoms with Crippen molar-refractivity contribution in [1.29, 1.82) is 0 Å². The average molecular weight is 152 g/mol. The van der Waals surface area contributed by atoms with E-state index >= 15 is 0 Å². The van der Waals surface area contributed by atoms with Crippen molar-refractivity contribution < 1.29 is 0 Å². The molecule has 0 aromatic carbocycles. The standard InChI is InChI=1S/C9H16N2/c1-8-4-7-11(8)9-2-5-10-6-3-9/h9-10H,1-7H2. The molecule has 0 saturated carbocycles. The van der Waals surface area contributed by atoms with E-state index in [1.165, 1.54) is 44.6 Å². The first kappa shape index (κ1) is 7.17. The van der Waals surface area contributed by atoms with Crippen LogP contribution in [0.2, 0.25) is 0 Å². The number of rotatable bonds is 1. The number of nitrogens with one attached hydrogen (secondary N) is 1. The number of piperidine rings is 1. The fourth-order valence-corrected chi connectivity index (χ4v) is 1.96. The highest BCUT2D eigenvalue weighted by Gasteiger charge is 2.26. The van der Waals surface area contributed by atoms with Gasteiger partial charge >= 0.3 is 0 Å². The van der Waals surface area contributed by atoms with Crippen LogP contribution in [0.4, 0.5) is 0 Å². The SMILES string of the molecule is C=C1CCN1C1CCNCC1. The first-order valence-corrected chi connectivity index (χ1v) is 4.53. The molecule has 0 radical (unpaired) electrons. The van der Waals surface area contributed by atoms with E-state index in [-0.39, 0.29) is 0 Å². The van der Waals surface area contributed by atoms with Crippen molar-refractivity contribution in [3.63, 3.8) is 0 Å². The lowest BCUT2D eigenvalue weighted by Gasteiger charge is -2.44. The number of nitrogens with zero attached hydrogens (tertiary/aromatic N) is 1. The van der Waals surface area contributed by atoms with Crippen LogP contribution in [0.3, 0.4) is 0 Å². The minimum atomic E-state index is 0.803. The fourth-order valence-electron chi connectivity index (χ4n) is 1.96. The van der Waals surface area contributed by atoms with E-state index in [4.69, 9.17) is 0 Å². The first-order chi connectivity index (χ1) is 5.38. The maximum atomic E-state index is 4.02. The Hall–Kier alpha value is -0.500. The zero-order chi connectivity index (χ0) is 7.68. The van der Waals surface area contributed by atoms with Crippen molar-refractivity contribution in [2.75, 3.05) is 19.6 Å². The fraction of sp³-hybridized carbons (Fsp3) is 0.778. The van der Waals surface area contributed by atoms with Gasteiger partial charge in [-0.1, -0.05) is 6.58 Å². The predicted octanol–water partition coefficient (Wildman–Crippen LogP) is 0.958. The minimum absolute atomic E-state index is 0.803. The van der Waals surface area contributed by atoms with Crippen LogP contribution >= 0.6 is 0 Å². The molecule has 62 valence electrons. The van der Waals surface area contributed by atoms with Crippen molar-refractivity contribution in [1.82, 2.24) is 10.2 Å². The van der Waals surface area contributed by atoms with E-state index in [1.807, 2.05) is 0 Å². The molecule has 2 heterocycles. The number of hydrogen-bond donors (Lipinski definition) is 1. The second-order valence-corrected chi connectivity index (χ2v) is 3.49. The third kappa shape index (κ3) is 1.27. The van der Waals surface area contributed by atoms with Gasteiger partial charge in [-0.3, -0.25) is 0 Å². The van der Waals surface area contributed by atoms with E-state index in [9.17, 15) is 0 Å². The second kappa shape index (κ2) is 2.86. The van der Waals surface area contributed by atoms with E-state index in [2.05, 4.69) is 16.8 Å². The lowest BCUT2D eigenvalue weighted by Crippen LogP contribution is -2.47. The summed E-state index contributed by atoms with van der Waals surface area (Å²) < 4.78 is 0.